The van der Waals surface area contributed by atoms with E-state index in [9.17, 15) is 8.78 Å². The van der Waals surface area contributed by atoms with E-state index in [4.69, 9.17) is 5.73 Å². The van der Waals surface area contributed by atoms with Crippen LogP contribution in [0.5, 0.6) is 0 Å². The molecule has 0 spiro atoms. The van der Waals surface area contributed by atoms with Crippen molar-refractivity contribution < 1.29 is 8.78 Å². The summed E-state index contributed by atoms with van der Waals surface area (Å²) in [7, 11) is 0. The van der Waals surface area contributed by atoms with Gasteiger partial charge in [-0.05, 0) is 19.1 Å². The van der Waals surface area contributed by atoms with Gasteiger partial charge in [0, 0.05) is 5.56 Å². The van der Waals surface area contributed by atoms with Gasteiger partial charge in [0.15, 0.2) is 5.65 Å². The largest absolute Gasteiger partial charge is 0.368 e. The first-order valence-corrected chi connectivity index (χ1v) is 5.94. The Hall–Kier alpha value is -2.57. The van der Waals surface area contributed by atoms with Gasteiger partial charge in [0.2, 0.25) is 5.95 Å². The molecule has 0 amide bonds. The molecule has 0 fully saturated rings. The Bertz CT molecular complexity index is 777. The highest BCUT2D eigenvalue weighted by molar-refractivity contribution is 5.74. The third-order valence-corrected chi connectivity index (χ3v) is 3.05. The summed E-state index contributed by atoms with van der Waals surface area (Å²) < 4.78 is 28.9. The summed E-state index contributed by atoms with van der Waals surface area (Å²) in [6, 6.07) is 3.75. The van der Waals surface area contributed by atoms with Crippen LogP contribution in [0.1, 0.15) is 11.3 Å². The molecule has 2 heterocycles. The van der Waals surface area contributed by atoms with Crippen LogP contribution in [-0.2, 0) is 6.54 Å². The molecule has 0 aliphatic carbocycles. The highest BCUT2D eigenvalue weighted by Gasteiger charge is 2.13. The number of imidazole rings is 1. The number of fused-ring (bicyclic) bond motifs is 1. The maximum Gasteiger partial charge on any atom is 0.222 e. The molecule has 2 aromatic heterocycles. The normalized spacial score (nSPS) is 11.2. The Morgan fingerprint density at radius 3 is 2.60 bits per heavy atom. The van der Waals surface area contributed by atoms with Crippen LogP contribution in [0.15, 0.2) is 24.5 Å². The quantitative estimate of drug-likeness (QED) is 0.777. The van der Waals surface area contributed by atoms with Crippen LogP contribution in [0.2, 0.25) is 0 Å². The fourth-order valence-corrected chi connectivity index (χ4v) is 2.08. The summed E-state index contributed by atoms with van der Waals surface area (Å²) in [5.41, 5.74) is 7.20. The molecule has 2 N–H and O–H groups in total. The van der Waals surface area contributed by atoms with Gasteiger partial charge in [-0.2, -0.15) is 4.98 Å². The van der Waals surface area contributed by atoms with E-state index in [1.807, 2.05) is 0 Å². The van der Waals surface area contributed by atoms with E-state index in [0.29, 0.717) is 16.9 Å². The monoisotopic (exact) mass is 275 g/mol. The molecular formula is C13H11F2N5. The Balaban J connectivity index is 2.12. The lowest BCUT2D eigenvalue weighted by Gasteiger charge is -2.07. The number of nitrogens with two attached hydrogens (primary N) is 1. The topological polar surface area (TPSA) is 69.6 Å². The smallest absolute Gasteiger partial charge is 0.222 e. The molecule has 5 nitrogen and oxygen atoms in total. The fourth-order valence-electron chi connectivity index (χ4n) is 2.08. The van der Waals surface area contributed by atoms with Crippen molar-refractivity contribution >= 4 is 17.1 Å². The van der Waals surface area contributed by atoms with E-state index in [-0.39, 0.29) is 18.1 Å². The molecule has 0 radical (unpaired) electrons. The van der Waals surface area contributed by atoms with Gasteiger partial charge >= 0.3 is 0 Å². The maximum atomic E-state index is 13.7. The molecule has 7 heteroatoms. The van der Waals surface area contributed by atoms with Crippen molar-refractivity contribution in [3.05, 3.63) is 47.4 Å². The number of aromatic nitrogens is 4. The van der Waals surface area contributed by atoms with Gasteiger partial charge in [0.1, 0.15) is 17.2 Å². The minimum absolute atomic E-state index is 0.00903. The van der Waals surface area contributed by atoms with Crippen LogP contribution >= 0.6 is 0 Å². The van der Waals surface area contributed by atoms with Gasteiger partial charge in [-0.3, -0.25) is 0 Å². The molecule has 0 atom stereocenters. The second-order valence-electron chi connectivity index (χ2n) is 4.41. The van der Waals surface area contributed by atoms with E-state index in [1.165, 1.54) is 24.5 Å². The van der Waals surface area contributed by atoms with Gasteiger partial charge in [0.05, 0.1) is 18.6 Å². The molecule has 0 saturated carbocycles. The van der Waals surface area contributed by atoms with E-state index in [0.717, 1.165) is 0 Å². The van der Waals surface area contributed by atoms with Gasteiger partial charge < -0.3 is 10.3 Å². The Morgan fingerprint density at radius 1 is 1.20 bits per heavy atom. The van der Waals surface area contributed by atoms with Crippen molar-refractivity contribution in [2.75, 3.05) is 5.73 Å². The number of hydrogen-bond acceptors (Lipinski definition) is 4. The van der Waals surface area contributed by atoms with E-state index >= 15 is 0 Å². The minimum atomic E-state index is -0.606. The van der Waals surface area contributed by atoms with Gasteiger partial charge in [-0.25, -0.2) is 18.7 Å². The summed E-state index contributed by atoms with van der Waals surface area (Å²) in [5.74, 6) is -1.11. The first-order valence-electron chi connectivity index (χ1n) is 5.94. The van der Waals surface area contributed by atoms with E-state index < -0.39 is 11.6 Å². The highest BCUT2D eigenvalue weighted by atomic mass is 19.1. The summed E-state index contributed by atoms with van der Waals surface area (Å²) in [6.07, 6.45) is 1.47. The van der Waals surface area contributed by atoms with Crippen LogP contribution in [0.4, 0.5) is 14.7 Å². The lowest BCUT2D eigenvalue weighted by atomic mass is 10.2. The third kappa shape index (κ3) is 1.97. The standard InChI is InChI=1S/C13H11F2N5/c1-7-11-12(19-13(16)18-7)20(6-17-11)5-8-9(14)3-2-4-10(8)15/h2-4,6H,5H2,1H3,(H2,16,18,19). The second-order valence-corrected chi connectivity index (χ2v) is 4.41. The molecule has 102 valence electrons. The molecule has 0 aliphatic heterocycles. The number of nitrogen functional groups attached to an aromatic ring is 1. The number of nitrogens with zero attached hydrogens (tertiary/aromatic N) is 4. The zero-order chi connectivity index (χ0) is 14.3. The third-order valence-electron chi connectivity index (χ3n) is 3.05. The van der Waals surface area contributed by atoms with Crippen molar-refractivity contribution in [3.8, 4) is 0 Å². The second kappa shape index (κ2) is 4.52. The molecule has 0 saturated heterocycles. The SMILES string of the molecule is Cc1nc(N)nc2c1ncn2Cc1c(F)cccc1F. The summed E-state index contributed by atoms with van der Waals surface area (Å²) in [5, 5.41) is 0. The maximum absolute atomic E-state index is 13.7. The first-order chi connectivity index (χ1) is 9.56. The number of benzene rings is 1. The minimum Gasteiger partial charge on any atom is -0.368 e. The zero-order valence-electron chi connectivity index (χ0n) is 10.6. The Morgan fingerprint density at radius 2 is 1.90 bits per heavy atom. The summed E-state index contributed by atoms with van der Waals surface area (Å²) in [6.45, 7) is 1.74. The summed E-state index contributed by atoms with van der Waals surface area (Å²) >= 11 is 0. The number of aryl methyl sites for hydroxylation is 1. The first kappa shape index (κ1) is 12.5. The van der Waals surface area contributed by atoms with E-state index in [2.05, 4.69) is 15.0 Å². The Labute approximate surface area is 113 Å². The lowest BCUT2D eigenvalue weighted by molar-refractivity contribution is 0.546. The average molecular weight is 275 g/mol. The van der Waals surface area contributed by atoms with Crippen molar-refractivity contribution in [1.29, 1.82) is 0 Å². The summed E-state index contributed by atoms with van der Waals surface area (Å²) in [4.78, 5) is 12.2. The molecule has 3 rings (SSSR count). The van der Waals surface area contributed by atoms with Gasteiger partial charge in [0.25, 0.3) is 0 Å². The van der Waals surface area contributed by atoms with Gasteiger partial charge in [-0.15, -0.1) is 0 Å². The van der Waals surface area contributed by atoms with Crippen LogP contribution in [0, 0.1) is 18.6 Å². The molecule has 1 aromatic carbocycles. The zero-order valence-corrected chi connectivity index (χ0v) is 10.6. The van der Waals surface area contributed by atoms with Crippen LogP contribution in [0.25, 0.3) is 11.2 Å². The molecule has 0 aliphatic rings. The predicted molar refractivity (Wildman–Crippen MR) is 69.9 cm³/mol. The van der Waals surface area contributed by atoms with Crippen LogP contribution in [0.3, 0.4) is 0 Å². The lowest BCUT2D eigenvalue weighted by Crippen LogP contribution is -2.06. The van der Waals surface area contributed by atoms with Crippen molar-refractivity contribution in [1.82, 2.24) is 19.5 Å². The van der Waals surface area contributed by atoms with Gasteiger partial charge in [-0.1, -0.05) is 6.07 Å². The van der Waals surface area contributed by atoms with Crippen molar-refractivity contribution in [2.24, 2.45) is 0 Å². The van der Waals surface area contributed by atoms with E-state index in [1.54, 1.807) is 11.5 Å². The molecule has 0 unspecified atom stereocenters. The highest BCUT2D eigenvalue weighted by Crippen LogP contribution is 2.18. The number of hydrogen-bond donors (Lipinski definition) is 1. The average Bonchev–Trinajstić information content (AvgIpc) is 2.77. The molecule has 0 bridgehead atoms. The molecular weight excluding hydrogens is 264 g/mol. The number of anilines is 1. The van der Waals surface area contributed by atoms with Crippen molar-refractivity contribution in [2.45, 2.75) is 13.5 Å². The molecule has 20 heavy (non-hydrogen) atoms. The fraction of sp³-hybridized carbons (Fsp3) is 0.154. The molecule has 3 aromatic rings. The van der Waals surface area contributed by atoms with Crippen LogP contribution < -0.4 is 5.73 Å². The predicted octanol–water partition coefficient (Wildman–Crippen LogP) is 2.04. The number of halogens is 2. The van der Waals surface area contributed by atoms with Crippen LogP contribution in [-0.4, -0.2) is 19.5 Å². The van der Waals surface area contributed by atoms with Crippen molar-refractivity contribution in [3.63, 3.8) is 0 Å². The number of rotatable bonds is 2. The Kier molecular flexibility index (Phi) is 2.81.